The van der Waals surface area contributed by atoms with Gasteiger partial charge < -0.3 is 15.5 Å². The predicted octanol–water partition coefficient (Wildman–Crippen LogP) is 3.92. The first-order valence-electron chi connectivity index (χ1n) is 8.52. The number of benzene rings is 1. The summed E-state index contributed by atoms with van der Waals surface area (Å²) in [7, 11) is 0. The lowest BCUT2D eigenvalue weighted by atomic mass is 10.1. The van der Waals surface area contributed by atoms with Gasteiger partial charge in [0.15, 0.2) is 5.78 Å². The van der Waals surface area contributed by atoms with E-state index in [0.717, 1.165) is 18.9 Å². The number of amides is 2. The van der Waals surface area contributed by atoms with E-state index in [0.29, 0.717) is 16.9 Å². The Bertz CT molecular complexity index is 735. The van der Waals surface area contributed by atoms with Crippen LogP contribution in [0.15, 0.2) is 42.6 Å². The van der Waals surface area contributed by atoms with Crippen molar-refractivity contribution >= 4 is 29.0 Å². The van der Waals surface area contributed by atoms with Crippen LogP contribution < -0.4 is 15.5 Å². The average molecular weight is 338 g/mol. The Morgan fingerprint density at radius 1 is 0.920 bits per heavy atom. The van der Waals surface area contributed by atoms with E-state index in [9.17, 15) is 9.59 Å². The molecule has 0 atom stereocenters. The normalized spacial score (nSPS) is 14.0. The fourth-order valence-corrected chi connectivity index (χ4v) is 2.85. The van der Waals surface area contributed by atoms with Crippen LogP contribution in [0, 0.1) is 0 Å². The summed E-state index contributed by atoms with van der Waals surface area (Å²) in [4.78, 5) is 30.0. The summed E-state index contributed by atoms with van der Waals surface area (Å²) in [6.45, 7) is 3.59. The number of hydrogen-bond acceptors (Lipinski definition) is 4. The van der Waals surface area contributed by atoms with Crippen LogP contribution in [-0.2, 0) is 0 Å². The summed E-state index contributed by atoms with van der Waals surface area (Å²) in [6.07, 6.45) is 5.35. The highest BCUT2D eigenvalue weighted by Gasteiger charge is 2.12. The third kappa shape index (κ3) is 4.56. The average Bonchev–Trinajstić information content (AvgIpc) is 2.63. The highest BCUT2D eigenvalue weighted by molar-refractivity contribution is 6.00. The number of ketones is 1. The van der Waals surface area contributed by atoms with Crippen molar-refractivity contribution in [1.82, 2.24) is 4.98 Å². The van der Waals surface area contributed by atoms with Gasteiger partial charge in [-0.2, -0.15) is 0 Å². The molecule has 1 aliphatic rings. The summed E-state index contributed by atoms with van der Waals surface area (Å²) in [5.41, 5.74) is 1.88. The first kappa shape index (κ1) is 17.0. The smallest absolute Gasteiger partial charge is 0.323 e. The number of rotatable bonds is 4. The molecule has 130 valence electrons. The molecule has 0 bridgehead atoms. The van der Waals surface area contributed by atoms with Crippen LogP contribution in [0.1, 0.15) is 36.5 Å². The molecule has 6 nitrogen and oxygen atoms in total. The van der Waals surface area contributed by atoms with E-state index in [1.807, 2.05) is 12.1 Å². The van der Waals surface area contributed by atoms with Crippen molar-refractivity contribution in [2.45, 2.75) is 26.2 Å². The number of hydrogen-bond donors (Lipinski definition) is 2. The van der Waals surface area contributed by atoms with Crippen molar-refractivity contribution in [2.24, 2.45) is 0 Å². The third-order valence-corrected chi connectivity index (χ3v) is 4.24. The number of carbonyl (C=O) groups excluding carboxylic acids is 2. The number of nitrogens with zero attached hydrogens (tertiary/aromatic N) is 2. The maximum Gasteiger partial charge on any atom is 0.323 e. The molecule has 2 heterocycles. The van der Waals surface area contributed by atoms with Crippen LogP contribution in [0.2, 0.25) is 0 Å². The first-order valence-corrected chi connectivity index (χ1v) is 8.52. The summed E-state index contributed by atoms with van der Waals surface area (Å²) in [6, 6.07) is 10.2. The van der Waals surface area contributed by atoms with Crippen LogP contribution in [0.4, 0.5) is 22.0 Å². The fraction of sp³-hybridized carbons (Fsp3) is 0.316. The van der Waals surface area contributed by atoms with Gasteiger partial charge in [-0.15, -0.1) is 0 Å². The minimum atomic E-state index is -0.344. The van der Waals surface area contributed by atoms with Crippen molar-refractivity contribution in [2.75, 3.05) is 28.6 Å². The Hall–Kier alpha value is -2.89. The SMILES string of the molecule is CC(=O)c1ccc(NC(=O)Nc2ccc(N3CCCCC3)nc2)cc1. The minimum Gasteiger partial charge on any atom is -0.357 e. The number of carbonyl (C=O) groups is 2. The van der Waals surface area contributed by atoms with Gasteiger partial charge in [-0.25, -0.2) is 9.78 Å². The molecule has 2 N–H and O–H groups in total. The zero-order chi connectivity index (χ0) is 17.6. The molecular weight excluding hydrogens is 316 g/mol. The summed E-state index contributed by atoms with van der Waals surface area (Å²) in [5.74, 6) is 0.946. The molecule has 0 unspecified atom stereocenters. The van der Waals surface area contributed by atoms with Crippen molar-refractivity contribution in [1.29, 1.82) is 0 Å². The van der Waals surface area contributed by atoms with Gasteiger partial charge in [-0.05, 0) is 62.6 Å². The second-order valence-corrected chi connectivity index (χ2v) is 6.17. The van der Waals surface area contributed by atoms with Crippen molar-refractivity contribution in [3.8, 4) is 0 Å². The van der Waals surface area contributed by atoms with Gasteiger partial charge in [0.2, 0.25) is 0 Å². The summed E-state index contributed by atoms with van der Waals surface area (Å²) >= 11 is 0. The number of anilines is 3. The molecule has 2 amide bonds. The van der Waals surface area contributed by atoms with E-state index >= 15 is 0 Å². The van der Waals surface area contributed by atoms with Gasteiger partial charge >= 0.3 is 6.03 Å². The van der Waals surface area contributed by atoms with Crippen molar-refractivity contribution < 1.29 is 9.59 Å². The maximum absolute atomic E-state index is 12.1. The number of urea groups is 1. The van der Waals surface area contributed by atoms with E-state index in [1.54, 1.807) is 30.5 Å². The Kier molecular flexibility index (Phi) is 5.28. The molecular formula is C19H22N4O2. The molecule has 0 radical (unpaired) electrons. The molecule has 1 saturated heterocycles. The van der Waals surface area contributed by atoms with E-state index in [2.05, 4.69) is 20.5 Å². The van der Waals surface area contributed by atoms with Gasteiger partial charge in [0, 0.05) is 24.3 Å². The highest BCUT2D eigenvalue weighted by atomic mass is 16.2. The van der Waals surface area contributed by atoms with E-state index in [4.69, 9.17) is 0 Å². The Labute approximate surface area is 147 Å². The molecule has 1 aromatic heterocycles. The molecule has 1 aliphatic heterocycles. The van der Waals surface area contributed by atoms with Gasteiger partial charge in [-0.1, -0.05) is 0 Å². The predicted molar refractivity (Wildman–Crippen MR) is 99.4 cm³/mol. The molecule has 3 rings (SSSR count). The number of Topliss-reactive ketones (excluding diaryl/α,β-unsaturated/α-hetero) is 1. The van der Waals surface area contributed by atoms with Crippen molar-refractivity contribution in [3.63, 3.8) is 0 Å². The van der Waals surface area contributed by atoms with E-state index < -0.39 is 0 Å². The monoisotopic (exact) mass is 338 g/mol. The number of piperidine rings is 1. The molecule has 0 spiro atoms. The van der Waals surface area contributed by atoms with Gasteiger partial charge in [0.25, 0.3) is 0 Å². The lowest BCUT2D eigenvalue weighted by molar-refractivity contribution is 0.101. The van der Waals surface area contributed by atoms with Crippen LogP contribution in [-0.4, -0.2) is 29.9 Å². The second kappa shape index (κ2) is 7.79. The Morgan fingerprint density at radius 2 is 1.56 bits per heavy atom. The molecule has 1 fully saturated rings. The van der Waals surface area contributed by atoms with Crippen LogP contribution in [0.25, 0.3) is 0 Å². The fourth-order valence-electron chi connectivity index (χ4n) is 2.85. The highest BCUT2D eigenvalue weighted by Crippen LogP contribution is 2.19. The second-order valence-electron chi connectivity index (χ2n) is 6.17. The van der Waals surface area contributed by atoms with E-state index in [1.165, 1.54) is 26.2 Å². The molecule has 6 heteroatoms. The summed E-state index contributed by atoms with van der Waals surface area (Å²) in [5, 5.41) is 5.49. The zero-order valence-corrected chi connectivity index (χ0v) is 14.3. The first-order chi connectivity index (χ1) is 12.1. The quantitative estimate of drug-likeness (QED) is 0.829. The topological polar surface area (TPSA) is 74.3 Å². The van der Waals surface area contributed by atoms with Gasteiger partial charge in [0.1, 0.15) is 5.82 Å². The largest absolute Gasteiger partial charge is 0.357 e. The number of aromatic nitrogens is 1. The number of pyridine rings is 1. The molecule has 1 aromatic carbocycles. The van der Waals surface area contributed by atoms with Crippen LogP contribution >= 0.6 is 0 Å². The van der Waals surface area contributed by atoms with Gasteiger partial charge in [-0.3, -0.25) is 4.79 Å². The van der Waals surface area contributed by atoms with E-state index in [-0.39, 0.29) is 11.8 Å². The van der Waals surface area contributed by atoms with Gasteiger partial charge in [0.05, 0.1) is 11.9 Å². The van der Waals surface area contributed by atoms with Crippen molar-refractivity contribution in [3.05, 3.63) is 48.2 Å². The van der Waals surface area contributed by atoms with Crippen LogP contribution in [0.3, 0.4) is 0 Å². The Morgan fingerprint density at radius 3 is 2.16 bits per heavy atom. The standard InChI is InChI=1S/C19H22N4O2/c1-14(24)15-5-7-16(8-6-15)21-19(25)22-17-9-10-18(20-13-17)23-11-3-2-4-12-23/h5-10,13H,2-4,11-12H2,1H3,(H2,21,22,25). The third-order valence-electron chi connectivity index (χ3n) is 4.24. The molecule has 25 heavy (non-hydrogen) atoms. The minimum absolute atomic E-state index is 0.00382. The molecule has 0 aliphatic carbocycles. The maximum atomic E-state index is 12.1. The summed E-state index contributed by atoms with van der Waals surface area (Å²) < 4.78 is 0. The van der Waals surface area contributed by atoms with Crippen LogP contribution in [0.5, 0.6) is 0 Å². The zero-order valence-electron chi connectivity index (χ0n) is 14.3. The lowest BCUT2D eigenvalue weighted by Crippen LogP contribution is -2.30. The molecule has 0 saturated carbocycles. The number of nitrogens with one attached hydrogen (secondary N) is 2. The molecule has 2 aromatic rings. The Balaban J connectivity index is 1.56. The lowest BCUT2D eigenvalue weighted by Gasteiger charge is -2.27.